The third-order valence-electron chi connectivity index (χ3n) is 5.54. The number of nitrogens with one attached hydrogen (secondary N) is 1. The van der Waals surface area contributed by atoms with Crippen molar-refractivity contribution in [2.45, 2.75) is 47.2 Å². The molecule has 3 heterocycles. The maximum absolute atomic E-state index is 13.5. The van der Waals surface area contributed by atoms with Gasteiger partial charge in [-0.2, -0.15) is 10.2 Å². The number of rotatable bonds is 5. The molecular weight excluding hydrogens is 407 g/mol. The number of aryl methyl sites for hydroxylation is 2. The Morgan fingerprint density at radius 1 is 1.19 bits per heavy atom. The molecule has 4 aromatic rings. The molecule has 1 N–H and O–H groups in total. The van der Waals surface area contributed by atoms with Crippen LogP contribution in [0.4, 0.5) is 4.39 Å². The lowest BCUT2D eigenvalue weighted by Crippen LogP contribution is -2.46. The Labute approximate surface area is 186 Å². The number of aromatic nitrogens is 5. The van der Waals surface area contributed by atoms with Gasteiger partial charge < -0.3 is 5.32 Å². The first kappa shape index (κ1) is 21.7. The van der Waals surface area contributed by atoms with Gasteiger partial charge in [0.15, 0.2) is 5.65 Å². The van der Waals surface area contributed by atoms with Gasteiger partial charge in [-0.3, -0.25) is 9.48 Å². The third-order valence-corrected chi connectivity index (χ3v) is 5.54. The first-order chi connectivity index (χ1) is 15.1. The highest BCUT2D eigenvalue weighted by atomic mass is 19.1. The Hall–Kier alpha value is -3.55. The second kappa shape index (κ2) is 8.18. The van der Waals surface area contributed by atoms with Crippen LogP contribution >= 0.6 is 0 Å². The lowest BCUT2D eigenvalue weighted by atomic mass is 9.86. The van der Waals surface area contributed by atoms with Crippen molar-refractivity contribution in [2.75, 3.05) is 0 Å². The quantitative estimate of drug-likeness (QED) is 0.510. The van der Waals surface area contributed by atoms with Gasteiger partial charge in [0, 0.05) is 18.1 Å². The Morgan fingerprint density at radius 3 is 2.53 bits per heavy atom. The number of carbonyl (C=O) groups excluding carboxylic acids is 1. The molecule has 0 spiro atoms. The number of benzene rings is 1. The SMILES string of the molecule is Cc1cc(C(=O)NC(Cn2cccn2)C(C)(C)C)c2c(C)nn(-c3ccc(F)cc3)c2n1. The predicted molar refractivity (Wildman–Crippen MR) is 121 cm³/mol. The van der Waals surface area contributed by atoms with E-state index in [-0.39, 0.29) is 23.2 Å². The van der Waals surface area contributed by atoms with Crippen LogP contribution in [0.3, 0.4) is 0 Å². The molecule has 8 heteroatoms. The molecule has 1 aromatic carbocycles. The molecule has 0 bridgehead atoms. The molecule has 0 saturated heterocycles. The van der Waals surface area contributed by atoms with Crippen LogP contribution in [0, 0.1) is 25.1 Å². The number of halogens is 1. The van der Waals surface area contributed by atoms with Crippen molar-refractivity contribution < 1.29 is 9.18 Å². The maximum Gasteiger partial charge on any atom is 0.252 e. The summed E-state index contributed by atoms with van der Waals surface area (Å²) < 4.78 is 16.9. The van der Waals surface area contributed by atoms with Crippen molar-refractivity contribution in [1.29, 1.82) is 0 Å². The number of hydrogen-bond donors (Lipinski definition) is 1. The summed E-state index contributed by atoms with van der Waals surface area (Å²) in [5, 5.41) is 12.8. The van der Waals surface area contributed by atoms with Gasteiger partial charge in [-0.1, -0.05) is 20.8 Å². The van der Waals surface area contributed by atoms with Crippen LogP contribution in [0.5, 0.6) is 0 Å². The average molecular weight is 435 g/mol. The van der Waals surface area contributed by atoms with Crippen molar-refractivity contribution >= 4 is 16.9 Å². The molecule has 0 radical (unpaired) electrons. The molecule has 7 nitrogen and oxygen atoms in total. The van der Waals surface area contributed by atoms with E-state index < -0.39 is 0 Å². The van der Waals surface area contributed by atoms with E-state index in [2.05, 4.69) is 41.3 Å². The minimum Gasteiger partial charge on any atom is -0.347 e. The highest BCUT2D eigenvalue weighted by molar-refractivity contribution is 6.07. The zero-order valence-corrected chi connectivity index (χ0v) is 18.9. The van der Waals surface area contributed by atoms with Crippen LogP contribution in [-0.4, -0.2) is 36.5 Å². The predicted octanol–water partition coefficient (Wildman–Crippen LogP) is 4.22. The van der Waals surface area contributed by atoms with Crippen LogP contribution in [0.2, 0.25) is 0 Å². The third kappa shape index (κ3) is 4.26. The first-order valence-electron chi connectivity index (χ1n) is 10.5. The first-order valence-corrected chi connectivity index (χ1v) is 10.5. The second-order valence-electron chi connectivity index (χ2n) is 9.10. The molecule has 0 aliphatic carbocycles. The largest absolute Gasteiger partial charge is 0.347 e. The van der Waals surface area contributed by atoms with Gasteiger partial charge in [0.1, 0.15) is 5.82 Å². The zero-order valence-electron chi connectivity index (χ0n) is 18.9. The average Bonchev–Trinajstić information content (AvgIpc) is 3.35. The van der Waals surface area contributed by atoms with E-state index in [1.165, 1.54) is 12.1 Å². The number of pyridine rings is 1. The number of carbonyl (C=O) groups is 1. The van der Waals surface area contributed by atoms with Crippen LogP contribution in [0.25, 0.3) is 16.7 Å². The second-order valence-corrected chi connectivity index (χ2v) is 9.10. The molecule has 4 rings (SSSR count). The van der Waals surface area contributed by atoms with Crippen LogP contribution in [0.15, 0.2) is 48.8 Å². The summed E-state index contributed by atoms with van der Waals surface area (Å²) in [6.45, 7) is 10.5. The summed E-state index contributed by atoms with van der Waals surface area (Å²) in [4.78, 5) is 18.1. The number of hydrogen-bond acceptors (Lipinski definition) is 4. The molecule has 1 unspecified atom stereocenters. The molecular formula is C24H27FN6O. The van der Waals surface area contributed by atoms with Gasteiger partial charge in [0.2, 0.25) is 0 Å². The Bertz CT molecular complexity index is 1250. The van der Waals surface area contributed by atoms with E-state index in [1.807, 2.05) is 30.8 Å². The summed E-state index contributed by atoms with van der Waals surface area (Å²) in [6, 6.07) is 9.55. The molecule has 3 aromatic heterocycles. The van der Waals surface area contributed by atoms with Crippen molar-refractivity contribution in [1.82, 2.24) is 29.9 Å². The monoisotopic (exact) mass is 434 g/mol. The fourth-order valence-electron chi connectivity index (χ4n) is 3.72. The topological polar surface area (TPSA) is 77.6 Å². The Kier molecular flexibility index (Phi) is 5.54. The van der Waals surface area contributed by atoms with Gasteiger partial charge in [0.25, 0.3) is 5.91 Å². The van der Waals surface area contributed by atoms with E-state index >= 15 is 0 Å². The number of amides is 1. The van der Waals surface area contributed by atoms with Gasteiger partial charge in [0.05, 0.1) is 34.9 Å². The van der Waals surface area contributed by atoms with Crippen LogP contribution in [-0.2, 0) is 6.54 Å². The lowest BCUT2D eigenvalue weighted by molar-refractivity contribution is 0.0892. The van der Waals surface area contributed by atoms with Gasteiger partial charge >= 0.3 is 0 Å². The van der Waals surface area contributed by atoms with Gasteiger partial charge in [-0.05, 0) is 55.7 Å². The fourth-order valence-corrected chi connectivity index (χ4v) is 3.72. The molecule has 32 heavy (non-hydrogen) atoms. The normalized spacial score (nSPS) is 12.8. The van der Waals surface area contributed by atoms with Crippen LogP contribution in [0.1, 0.15) is 42.5 Å². The molecule has 1 atom stereocenters. The highest BCUT2D eigenvalue weighted by Crippen LogP contribution is 2.26. The summed E-state index contributed by atoms with van der Waals surface area (Å²) in [6.07, 6.45) is 3.61. The van der Waals surface area contributed by atoms with Crippen molar-refractivity contribution in [3.05, 3.63) is 71.6 Å². The number of nitrogens with zero attached hydrogens (tertiary/aromatic N) is 5. The standard InChI is InChI=1S/C24H27FN6O/c1-15-13-19(23(32)28-20(24(3,4)5)14-30-12-6-11-26-30)21-16(2)29-31(22(21)27-15)18-9-7-17(25)8-10-18/h6-13,20H,14H2,1-5H3,(H,28,32). The van der Waals surface area contributed by atoms with E-state index in [4.69, 9.17) is 0 Å². The fraction of sp³-hybridized carbons (Fsp3) is 0.333. The van der Waals surface area contributed by atoms with Crippen molar-refractivity contribution in [2.24, 2.45) is 5.41 Å². The molecule has 0 aliphatic heterocycles. The molecule has 1 amide bonds. The molecule has 0 saturated carbocycles. The minimum atomic E-state index is -0.323. The molecule has 166 valence electrons. The van der Waals surface area contributed by atoms with Crippen molar-refractivity contribution in [3.63, 3.8) is 0 Å². The summed E-state index contributed by atoms with van der Waals surface area (Å²) in [5.41, 5.74) is 2.97. The minimum absolute atomic E-state index is 0.147. The van der Waals surface area contributed by atoms with Gasteiger partial charge in [-0.15, -0.1) is 0 Å². The van der Waals surface area contributed by atoms with Gasteiger partial charge in [-0.25, -0.2) is 14.1 Å². The van der Waals surface area contributed by atoms with Crippen molar-refractivity contribution in [3.8, 4) is 5.69 Å². The Morgan fingerprint density at radius 2 is 1.91 bits per heavy atom. The smallest absolute Gasteiger partial charge is 0.252 e. The molecule has 0 fully saturated rings. The summed E-state index contributed by atoms with van der Waals surface area (Å²) in [7, 11) is 0. The highest BCUT2D eigenvalue weighted by Gasteiger charge is 2.29. The number of fused-ring (bicyclic) bond motifs is 1. The lowest BCUT2D eigenvalue weighted by Gasteiger charge is -2.31. The van der Waals surface area contributed by atoms with E-state index in [0.29, 0.717) is 40.2 Å². The Balaban J connectivity index is 1.75. The van der Waals surface area contributed by atoms with E-state index in [1.54, 1.807) is 29.1 Å². The maximum atomic E-state index is 13.5. The molecule has 0 aliphatic rings. The summed E-state index contributed by atoms with van der Waals surface area (Å²) >= 11 is 0. The van der Waals surface area contributed by atoms with Crippen LogP contribution < -0.4 is 5.32 Å². The zero-order chi connectivity index (χ0) is 23.0. The van der Waals surface area contributed by atoms with E-state index in [0.717, 1.165) is 0 Å². The summed E-state index contributed by atoms with van der Waals surface area (Å²) in [5.74, 6) is -0.508. The van der Waals surface area contributed by atoms with E-state index in [9.17, 15) is 9.18 Å².